The topological polar surface area (TPSA) is 120 Å². The second-order valence-electron chi connectivity index (χ2n) is 5.33. The van der Waals surface area contributed by atoms with Gasteiger partial charge in [-0.3, -0.25) is 10.2 Å². The van der Waals surface area contributed by atoms with Gasteiger partial charge in [0.2, 0.25) is 10.0 Å². The number of hydrogen-bond donors (Lipinski definition) is 2. The van der Waals surface area contributed by atoms with Crippen LogP contribution in [0.5, 0.6) is 0 Å². The van der Waals surface area contributed by atoms with E-state index in [9.17, 15) is 13.2 Å². The Morgan fingerprint density at radius 2 is 1.88 bits per heavy atom. The van der Waals surface area contributed by atoms with Gasteiger partial charge in [0.25, 0.3) is 0 Å². The molecule has 0 saturated heterocycles. The van der Waals surface area contributed by atoms with Crippen LogP contribution in [-0.4, -0.2) is 53.3 Å². The van der Waals surface area contributed by atoms with E-state index in [1.165, 1.54) is 16.4 Å². The number of carbonyl (C=O) groups is 1. The summed E-state index contributed by atoms with van der Waals surface area (Å²) < 4.78 is 26.3. The van der Waals surface area contributed by atoms with Gasteiger partial charge in [-0.25, -0.2) is 8.42 Å². The Morgan fingerprint density at radius 3 is 2.35 bits per heavy atom. The number of sulfonamides is 1. The van der Waals surface area contributed by atoms with Gasteiger partial charge in [-0.2, -0.15) is 19.5 Å². The third-order valence-electron chi connectivity index (χ3n) is 3.69. The number of benzene rings is 1. The average molecular weight is 396 g/mol. The van der Waals surface area contributed by atoms with Crippen molar-refractivity contribution in [2.45, 2.75) is 25.7 Å². The Morgan fingerprint density at radius 1 is 1.31 bits per heavy atom. The van der Waals surface area contributed by atoms with E-state index in [4.69, 9.17) is 18.0 Å². The standard InChI is InChI=1S/C15H20N6O3S2/c1-4-20(5-2)26(23,24)12-8-6-11(7-9-12)17-18-13-10(3)19-21(14(13)22)15(16)25/h6-9,17H,4-5H2,1-3H3,(H2,16,25)/b18-13+. The van der Waals surface area contributed by atoms with Crippen LogP contribution in [0.2, 0.25) is 0 Å². The minimum absolute atomic E-state index is 0.0811. The van der Waals surface area contributed by atoms with Gasteiger partial charge in [0.15, 0.2) is 10.8 Å². The molecule has 0 bridgehead atoms. The zero-order chi connectivity index (χ0) is 19.5. The first-order valence-electron chi connectivity index (χ1n) is 7.85. The predicted molar refractivity (Wildman–Crippen MR) is 104 cm³/mol. The number of carbonyl (C=O) groups excluding carboxylic acids is 1. The van der Waals surface area contributed by atoms with Gasteiger partial charge in [0.1, 0.15) is 0 Å². The lowest BCUT2D eigenvalue weighted by Gasteiger charge is -2.18. The maximum Gasteiger partial charge on any atom is 0.303 e. The molecule has 11 heteroatoms. The third kappa shape index (κ3) is 3.89. The lowest BCUT2D eigenvalue weighted by Crippen LogP contribution is -2.36. The summed E-state index contributed by atoms with van der Waals surface area (Å²) in [6.45, 7) is 5.97. The van der Waals surface area contributed by atoms with Gasteiger partial charge < -0.3 is 5.73 Å². The number of nitrogens with zero attached hydrogens (tertiary/aromatic N) is 4. The molecule has 1 heterocycles. The van der Waals surface area contributed by atoms with Crippen LogP contribution in [-0.2, 0) is 14.8 Å². The summed E-state index contributed by atoms with van der Waals surface area (Å²) >= 11 is 4.75. The fraction of sp³-hybridized carbons (Fsp3) is 0.333. The van der Waals surface area contributed by atoms with E-state index in [2.05, 4.69) is 15.6 Å². The van der Waals surface area contributed by atoms with Crippen molar-refractivity contribution in [3.05, 3.63) is 24.3 Å². The third-order valence-corrected chi connectivity index (χ3v) is 5.93. The molecule has 0 atom stereocenters. The number of anilines is 1. The van der Waals surface area contributed by atoms with Crippen LogP contribution in [0.1, 0.15) is 20.8 Å². The highest BCUT2D eigenvalue weighted by Gasteiger charge is 2.31. The molecule has 0 aromatic heterocycles. The van der Waals surface area contributed by atoms with E-state index in [0.29, 0.717) is 24.5 Å². The monoisotopic (exact) mass is 396 g/mol. The SMILES string of the molecule is CCN(CC)S(=O)(=O)c1ccc(N/N=C2/C(=O)N(C(N)=S)N=C2C)cc1. The summed E-state index contributed by atoms with van der Waals surface area (Å²) in [5.74, 6) is -0.525. The molecule has 1 aliphatic heterocycles. The van der Waals surface area contributed by atoms with Crippen LogP contribution in [0.4, 0.5) is 5.69 Å². The van der Waals surface area contributed by atoms with E-state index in [0.717, 1.165) is 5.01 Å². The minimum Gasteiger partial charge on any atom is -0.374 e. The molecule has 1 aliphatic rings. The smallest absolute Gasteiger partial charge is 0.303 e. The molecule has 0 unspecified atom stereocenters. The van der Waals surface area contributed by atoms with Crippen molar-refractivity contribution in [1.29, 1.82) is 0 Å². The number of thiocarbonyl (C=S) groups is 1. The molecule has 1 aromatic carbocycles. The Bertz CT molecular complexity index is 873. The van der Waals surface area contributed by atoms with Crippen molar-refractivity contribution in [3.8, 4) is 0 Å². The number of amides is 1. The first-order chi connectivity index (χ1) is 12.2. The summed E-state index contributed by atoms with van der Waals surface area (Å²) in [7, 11) is -3.52. The maximum atomic E-state index is 12.4. The summed E-state index contributed by atoms with van der Waals surface area (Å²) in [6, 6.07) is 6.10. The van der Waals surface area contributed by atoms with Crippen molar-refractivity contribution in [3.63, 3.8) is 0 Å². The molecule has 3 N–H and O–H groups in total. The van der Waals surface area contributed by atoms with E-state index < -0.39 is 15.9 Å². The highest BCUT2D eigenvalue weighted by Crippen LogP contribution is 2.18. The molecule has 2 rings (SSSR count). The lowest BCUT2D eigenvalue weighted by molar-refractivity contribution is -0.119. The van der Waals surface area contributed by atoms with Crippen molar-refractivity contribution >= 4 is 50.4 Å². The van der Waals surface area contributed by atoms with E-state index >= 15 is 0 Å². The zero-order valence-corrected chi connectivity index (χ0v) is 16.3. The van der Waals surface area contributed by atoms with E-state index in [1.807, 2.05) is 0 Å². The van der Waals surface area contributed by atoms with Gasteiger partial charge in [-0.15, -0.1) is 0 Å². The predicted octanol–water partition coefficient (Wildman–Crippen LogP) is 0.947. The number of hydrazone groups is 2. The Hall–Kier alpha value is -2.37. The minimum atomic E-state index is -3.52. The normalized spacial score (nSPS) is 16.3. The number of hydrogen-bond acceptors (Lipinski definition) is 7. The van der Waals surface area contributed by atoms with Crippen LogP contribution in [0.15, 0.2) is 39.4 Å². The van der Waals surface area contributed by atoms with E-state index in [-0.39, 0.29) is 15.7 Å². The fourth-order valence-electron chi connectivity index (χ4n) is 2.31. The molecule has 0 radical (unpaired) electrons. The molecule has 9 nitrogen and oxygen atoms in total. The number of rotatable bonds is 6. The molecule has 0 aliphatic carbocycles. The molecule has 26 heavy (non-hydrogen) atoms. The summed E-state index contributed by atoms with van der Waals surface area (Å²) in [5.41, 5.74) is 9.10. The van der Waals surface area contributed by atoms with Gasteiger partial charge in [0.05, 0.1) is 16.3 Å². The fourth-order valence-corrected chi connectivity index (χ4v) is 3.89. The molecule has 0 saturated carbocycles. The zero-order valence-electron chi connectivity index (χ0n) is 14.6. The average Bonchev–Trinajstić information content (AvgIpc) is 2.89. The van der Waals surface area contributed by atoms with Crippen LogP contribution >= 0.6 is 12.2 Å². The van der Waals surface area contributed by atoms with Gasteiger partial charge in [0, 0.05) is 13.1 Å². The molecule has 0 fully saturated rings. The molecule has 1 amide bonds. The molecule has 1 aromatic rings. The highest BCUT2D eigenvalue weighted by atomic mass is 32.2. The Balaban J connectivity index is 2.17. The van der Waals surface area contributed by atoms with Crippen molar-refractivity contribution in [1.82, 2.24) is 9.31 Å². The number of nitrogens with two attached hydrogens (primary N) is 1. The molecule has 140 valence electrons. The highest BCUT2D eigenvalue weighted by molar-refractivity contribution is 7.89. The van der Waals surface area contributed by atoms with Crippen molar-refractivity contribution in [2.24, 2.45) is 15.9 Å². The summed E-state index contributed by atoms with van der Waals surface area (Å²) in [4.78, 5) is 12.3. The van der Waals surface area contributed by atoms with Crippen LogP contribution in [0, 0.1) is 0 Å². The Labute approximate surface area is 157 Å². The largest absolute Gasteiger partial charge is 0.374 e. The first-order valence-corrected chi connectivity index (χ1v) is 9.70. The second-order valence-corrected chi connectivity index (χ2v) is 7.68. The van der Waals surface area contributed by atoms with Gasteiger partial charge in [-0.1, -0.05) is 13.8 Å². The van der Waals surface area contributed by atoms with Crippen molar-refractivity contribution < 1.29 is 13.2 Å². The van der Waals surface area contributed by atoms with Crippen molar-refractivity contribution in [2.75, 3.05) is 18.5 Å². The maximum absolute atomic E-state index is 12.4. The molecular weight excluding hydrogens is 376 g/mol. The summed E-state index contributed by atoms with van der Waals surface area (Å²) in [5, 5.41) is 8.68. The molecular formula is C15H20N6O3S2. The second kappa shape index (κ2) is 7.89. The van der Waals surface area contributed by atoms with Crippen LogP contribution in [0.25, 0.3) is 0 Å². The van der Waals surface area contributed by atoms with E-state index in [1.54, 1.807) is 32.9 Å². The van der Waals surface area contributed by atoms with Crippen LogP contribution in [0.3, 0.4) is 0 Å². The van der Waals surface area contributed by atoms with Crippen LogP contribution < -0.4 is 11.2 Å². The summed E-state index contributed by atoms with van der Waals surface area (Å²) in [6.07, 6.45) is 0. The molecule has 0 spiro atoms. The Kier molecular flexibility index (Phi) is 6.05. The first kappa shape index (κ1) is 19.9. The van der Waals surface area contributed by atoms with Gasteiger partial charge in [-0.05, 0) is 43.4 Å². The number of nitrogens with one attached hydrogen (secondary N) is 1. The lowest BCUT2D eigenvalue weighted by atomic mass is 10.2. The van der Waals surface area contributed by atoms with Gasteiger partial charge >= 0.3 is 5.91 Å². The quantitative estimate of drug-likeness (QED) is 0.545.